The van der Waals surface area contributed by atoms with Crippen LogP contribution in [0.5, 0.6) is 0 Å². The second kappa shape index (κ2) is 10.2. The van der Waals surface area contributed by atoms with Crippen LogP contribution in [0.2, 0.25) is 0 Å². The monoisotopic (exact) mass is 457 g/mol. The Labute approximate surface area is 187 Å². The van der Waals surface area contributed by atoms with E-state index >= 15 is 0 Å². The maximum atomic E-state index is 12.5. The fraction of sp³-hybridized carbons (Fsp3) is 0.611. The molecule has 0 radical (unpaired) electrons. The zero-order valence-electron chi connectivity index (χ0n) is 16.8. The number of anilines is 2. The number of nitrogens with zero attached hydrogens (tertiary/aromatic N) is 5. The third-order valence-corrected chi connectivity index (χ3v) is 5.77. The van der Waals surface area contributed by atoms with Gasteiger partial charge in [-0.25, -0.2) is 9.67 Å². The number of hydrogen-bond donors (Lipinski definition) is 4. The number of halogens is 2. The Bertz CT molecular complexity index is 848. The van der Waals surface area contributed by atoms with Crippen LogP contribution in [0.1, 0.15) is 66.7 Å². The molecule has 2 fully saturated rings. The van der Waals surface area contributed by atoms with Gasteiger partial charge >= 0.3 is 0 Å². The van der Waals surface area contributed by atoms with E-state index in [9.17, 15) is 4.79 Å². The largest absolute Gasteiger partial charge is 0.373 e. The molecule has 4 rings (SSSR count). The van der Waals surface area contributed by atoms with Crippen molar-refractivity contribution in [3.8, 4) is 0 Å². The standard InChI is InChI=1S/C18H27N9O.2ClH/c1-21-16-8-14(23-18(20)24-16)10-6-12(7-10)22-17(28)15-9-27(26-25-15)13-4-2-11(19)3-5-13;;/h8-13H,2-7,19H2,1H3,(H,22,28)(H3,20,21,23,24);2*1H. The van der Waals surface area contributed by atoms with Crippen molar-refractivity contribution in [3.63, 3.8) is 0 Å². The van der Waals surface area contributed by atoms with E-state index in [2.05, 4.69) is 30.9 Å². The molecule has 0 saturated heterocycles. The topological polar surface area (TPSA) is 150 Å². The Morgan fingerprint density at radius 1 is 1.17 bits per heavy atom. The summed E-state index contributed by atoms with van der Waals surface area (Å²) in [5.41, 5.74) is 13.0. The summed E-state index contributed by atoms with van der Waals surface area (Å²) in [5, 5.41) is 14.2. The van der Waals surface area contributed by atoms with Crippen molar-refractivity contribution in [1.82, 2.24) is 30.3 Å². The molecule has 2 aromatic heterocycles. The van der Waals surface area contributed by atoms with Crippen LogP contribution in [0.3, 0.4) is 0 Å². The number of nitrogens with one attached hydrogen (secondary N) is 2. The number of rotatable bonds is 5. The second-order valence-electron chi connectivity index (χ2n) is 7.78. The van der Waals surface area contributed by atoms with Crippen LogP contribution in [-0.2, 0) is 0 Å². The summed E-state index contributed by atoms with van der Waals surface area (Å²) < 4.78 is 1.81. The zero-order valence-corrected chi connectivity index (χ0v) is 18.5. The summed E-state index contributed by atoms with van der Waals surface area (Å²) in [4.78, 5) is 20.9. The lowest BCUT2D eigenvalue weighted by molar-refractivity contribution is 0.0903. The van der Waals surface area contributed by atoms with Crippen LogP contribution < -0.4 is 22.1 Å². The van der Waals surface area contributed by atoms with Crippen molar-refractivity contribution in [2.24, 2.45) is 5.73 Å². The molecule has 166 valence electrons. The molecule has 2 heterocycles. The van der Waals surface area contributed by atoms with Gasteiger partial charge in [0, 0.05) is 31.1 Å². The van der Waals surface area contributed by atoms with Gasteiger partial charge < -0.3 is 22.1 Å². The molecule has 1 amide bonds. The Kier molecular flexibility index (Phi) is 8.22. The molecule has 2 aliphatic carbocycles. The normalized spacial score (nSPS) is 25.3. The van der Waals surface area contributed by atoms with Gasteiger partial charge in [0.05, 0.1) is 17.9 Å². The summed E-state index contributed by atoms with van der Waals surface area (Å²) in [7, 11) is 1.80. The molecular weight excluding hydrogens is 429 g/mol. The average molecular weight is 458 g/mol. The Balaban J connectivity index is 0.00000160. The molecule has 12 heteroatoms. The van der Waals surface area contributed by atoms with Crippen molar-refractivity contribution in [2.45, 2.75) is 62.6 Å². The lowest BCUT2D eigenvalue weighted by Gasteiger charge is -2.35. The van der Waals surface area contributed by atoms with E-state index in [-0.39, 0.29) is 60.7 Å². The molecule has 0 atom stereocenters. The number of carbonyl (C=O) groups excluding carboxylic acids is 1. The lowest BCUT2D eigenvalue weighted by Crippen LogP contribution is -2.43. The van der Waals surface area contributed by atoms with Gasteiger partial charge in [-0.2, -0.15) is 4.98 Å². The maximum absolute atomic E-state index is 12.5. The maximum Gasteiger partial charge on any atom is 0.273 e. The molecule has 0 spiro atoms. The van der Waals surface area contributed by atoms with Gasteiger partial charge in [-0.3, -0.25) is 4.79 Å². The third-order valence-electron chi connectivity index (χ3n) is 5.77. The van der Waals surface area contributed by atoms with Gasteiger partial charge in [-0.1, -0.05) is 5.21 Å². The van der Waals surface area contributed by atoms with Gasteiger partial charge in [0.2, 0.25) is 5.95 Å². The summed E-state index contributed by atoms with van der Waals surface area (Å²) in [6.45, 7) is 0. The smallest absolute Gasteiger partial charge is 0.273 e. The fourth-order valence-corrected chi connectivity index (χ4v) is 3.98. The molecule has 30 heavy (non-hydrogen) atoms. The van der Waals surface area contributed by atoms with Crippen molar-refractivity contribution in [2.75, 3.05) is 18.1 Å². The van der Waals surface area contributed by atoms with Gasteiger partial charge in [-0.15, -0.1) is 29.9 Å². The first-order valence-electron chi connectivity index (χ1n) is 9.82. The van der Waals surface area contributed by atoms with E-state index in [0.717, 1.165) is 44.2 Å². The van der Waals surface area contributed by atoms with E-state index in [0.29, 0.717) is 11.5 Å². The van der Waals surface area contributed by atoms with Crippen LogP contribution in [0, 0.1) is 0 Å². The van der Waals surface area contributed by atoms with Crippen LogP contribution >= 0.6 is 24.8 Å². The Morgan fingerprint density at radius 3 is 2.53 bits per heavy atom. The fourth-order valence-electron chi connectivity index (χ4n) is 3.98. The highest BCUT2D eigenvalue weighted by Gasteiger charge is 2.33. The number of carbonyl (C=O) groups is 1. The first-order chi connectivity index (χ1) is 13.5. The van der Waals surface area contributed by atoms with Gasteiger partial charge in [0.15, 0.2) is 5.69 Å². The second-order valence-corrected chi connectivity index (χ2v) is 7.78. The Hall–Kier alpha value is -2.17. The number of nitrogens with two attached hydrogens (primary N) is 2. The van der Waals surface area contributed by atoms with Crippen LogP contribution in [-0.4, -0.2) is 50.0 Å². The van der Waals surface area contributed by atoms with Crippen molar-refractivity contribution >= 4 is 42.5 Å². The van der Waals surface area contributed by atoms with Gasteiger partial charge in [0.1, 0.15) is 5.82 Å². The van der Waals surface area contributed by atoms with Crippen LogP contribution in [0.25, 0.3) is 0 Å². The molecule has 2 saturated carbocycles. The molecule has 0 aromatic carbocycles. The molecule has 2 aliphatic rings. The molecule has 0 bridgehead atoms. The molecule has 6 N–H and O–H groups in total. The first-order valence-corrected chi connectivity index (χ1v) is 9.82. The minimum absolute atomic E-state index is 0. The summed E-state index contributed by atoms with van der Waals surface area (Å²) in [6, 6.07) is 2.57. The third kappa shape index (κ3) is 5.30. The molecular formula is C18H29Cl2N9O. The van der Waals surface area contributed by atoms with Crippen LogP contribution in [0.4, 0.5) is 11.8 Å². The van der Waals surface area contributed by atoms with Gasteiger partial charge in [-0.05, 0) is 38.5 Å². The highest BCUT2D eigenvalue weighted by atomic mass is 35.5. The first kappa shape index (κ1) is 24.1. The summed E-state index contributed by atoms with van der Waals surface area (Å²) >= 11 is 0. The number of nitrogen functional groups attached to an aromatic ring is 1. The van der Waals surface area contributed by atoms with Crippen molar-refractivity contribution < 1.29 is 4.79 Å². The number of hydrogen-bond acceptors (Lipinski definition) is 8. The van der Waals surface area contributed by atoms with Crippen molar-refractivity contribution in [1.29, 1.82) is 0 Å². The molecule has 0 aliphatic heterocycles. The van der Waals surface area contributed by atoms with E-state index in [1.165, 1.54) is 0 Å². The van der Waals surface area contributed by atoms with Crippen LogP contribution in [0.15, 0.2) is 12.3 Å². The zero-order chi connectivity index (χ0) is 19.7. The van der Waals surface area contributed by atoms with E-state index < -0.39 is 0 Å². The quantitative estimate of drug-likeness (QED) is 0.528. The number of aromatic nitrogens is 5. The summed E-state index contributed by atoms with van der Waals surface area (Å²) in [6.07, 6.45) is 7.31. The van der Waals surface area contributed by atoms with Gasteiger partial charge in [0.25, 0.3) is 5.91 Å². The highest BCUT2D eigenvalue weighted by Crippen LogP contribution is 2.37. The van der Waals surface area contributed by atoms with E-state index in [1.807, 2.05) is 10.7 Å². The predicted octanol–water partition coefficient (Wildman–Crippen LogP) is 1.65. The van der Waals surface area contributed by atoms with E-state index in [1.54, 1.807) is 13.2 Å². The molecule has 10 nitrogen and oxygen atoms in total. The average Bonchev–Trinajstić information content (AvgIpc) is 3.14. The SMILES string of the molecule is CNc1cc(C2CC(NC(=O)c3cn(C4CCC(N)CC4)nn3)C2)nc(N)n1.Cl.Cl. The predicted molar refractivity (Wildman–Crippen MR) is 119 cm³/mol. The highest BCUT2D eigenvalue weighted by molar-refractivity contribution is 5.92. The Morgan fingerprint density at radius 2 is 1.87 bits per heavy atom. The molecule has 0 unspecified atom stereocenters. The minimum Gasteiger partial charge on any atom is -0.373 e. The summed E-state index contributed by atoms with van der Waals surface area (Å²) in [5.74, 6) is 1.05. The minimum atomic E-state index is -0.180. The number of amides is 1. The lowest BCUT2D eigenvalue weighted by atomic mass is 9.78. The van der Waals surface area contributed by atoms with E-state index in [4.69, 9.17) is 11.5 Å². The van der Waals surface area contributed by atoms with Crippen molar-refractivity contribution in [3.05, 3.63) is 23.7 Å². The molecule has 2 aromatic rings.